The van der Waals surface area contributed by atoms with E-state index < -0.39 is 0 Å². The van der Waals surface area contributed by atoms with Crippen LogP contribution in [-0.2, 0) is 0 Å². The zero-order valence-electron chi connectivity index (χ0n) is 11.9. The quantitative estimate of drug-likeness (QED) is 0.548. The Kier molecular flexibility index (Phi) is 5.67. The molecule has 0 atom stereocenters. The van der Waals surface area contributed by atoms with Gasteiger partial charge in [0.25, 0.3) is 0 Å². The fraction of sp³-hybridized carbons (Fsp3) is 0.188. The second kappa shape index (κ2) is 7.29. The van der Waals surface area contributed by atoms with Crippen LogP contribution in [0, 0.1) is 6.92 Å². The van der Waals surface area contributed by atoms with Gasteiger partial charge in [-0.3, -0.25) is 0 Å². The minimum Gasteiger partial charge on any atom is -0.389 e. The Labute approximate surface area is 143 Å². The molecule has 0 heterocycles. The van der Waals surface area contributed by atoms with Crippen molar-refractivity contribution in [1.82, 2.24) is 0 Å². The van der Waals surface area contributed by atoms with E-state index in [0.29, 0.717) is 4.99 Å². The number of hydrogen-bond donors (Lipinski definition) is 2. The lowest BCUT2D eigenvalue weighted by Crippen LogP contribution is -2.13. The molecule has 0 bridgehead atoms. The minimum absolute atomic E-state index is 0.418. The number of thioether (sulfide) groups is 1. The van der Waals surface area contributed by atoms with Crippen molar-refractivity contribution in [3.63, 3.8) is 0 Å². The smallest absolute Gasteiger partial charge is 0.107 e. The molecule has 2 rings (SSSR count). The third-order valence-corrected chi connectivity index (χ3v) is 5.11. The molecule has 5 heteroatoms. The largest absolute Gasteiger partial charge is 0.389 e. The first-order chi connectivity index (χ1) is 10.0. The van der Waals surface area contributed by atoms with E-state index in [0.717, 1.165) is 37.6 Å². The fourth-order valence-electron chi connectivity index (χ4n) is 2.05. The van der Waals surface area contributed by atoms with Gasteiger partial charge in [0.2, 0.25) is 0 Å². The van der Waals surface area contributed by atoms with Crippen LogP contribution in [0.25, 0.3) is 0 Å². The predicted molar refractivity (Wildman–Crippen MR) is 101 cm³/mol. The monoisotopic (exact) mass is 380 g/mol. The first-order valence-corrected chi connectivity index (χ1v) is 8.81. The van der Waals surface area contributed by atoms with Gasteiger partial charge in [-0.1, -0.05) is 47.2 Å². The summed E-state index contributed by atoms with van der Waals surface area (Å²) in [4.78, 5) is 1.53. The standard InChI is InChI=1S/C16H17BrN2S2/c1-3-21-14-9-5-8-13(15(14)16(18)20)19-12-7-4-6-11(17)10(12)2/h4-9,19H,3H2,1-2H3,(H2,18,20). The van der Waals surface area contributed by atoms with Gasteiger partial charge in [-0.2, -0.15) is 0 Å². The maximum Gasteiger partial charge on any atom is 0.107 e. The Morgan fingerprint density at radius 3 is 2.57 bits per heavy atom. The molecule has 0 amide bonds. The lowest BCUT2D eigenvalue weighted by Gasteiger charge is -2.16. The third kappa shape index (κ3) is 3.78. The lowest BCUT2D eigenvalue weighted by atomic mass is 10.1. The van der Waals surface area contributed by atoms with Crippen molar-refractivity contribution in [1.29, 1.82) is 0 Å². The van der Waals surface area contributed by atoms with Crippen LogP contribution in [0.3, 0.4) is 0 Å². The van der Waals surface area contributed by atoms with Crippen molar-refractivity contribution in [3.8, 4) is 0 Å². The molecule has 3 N–H and O–H groups in total. The highest BCUT2D eigenvalue weighted by Gasteiger charge is 2.12. The maximum absolute atomic E-state index is 5.94. The van der Waals surface area contributed by atoms with Crippen molar-refractivity contribution in [2.24, 2.45) is 5.73 Å². The van der Waals surface area contributed by atoms with Crippen LogP contribution in [0.1, 0.15) is 18.1 Å². The number of thiocarbonyl (C=S) groups is 1. The van der Waals surface area contributed by atoms with Crippen LogP contribution in [0.2, 0.25) is 0 Å². The second-order valence-electron chi connectivity index (χ2n) is 4.51. The first kappa shape index (κ1) is 16.3. The average molecular weight is 381 g/mol. The molecule has 0 saturated heterocycles. The van der Waals surface area contributed by atoms with Crippen LogP contribution in [-0.4, -0.2) is 10.7 Å². The molecular weight excluding hydrogens is 364 g/mol. The van der Waals surface area contributed by atoms with Gasteiger partial charge in [0, 0.05) is 26.3 Å². The highest BCUT2D eigenvalue weighted by Crippen LogP contribution is 2.32. The Balaban J connectivity index is 2.46. The molecule has 0 aliphatic carbocycles. The molecule has 0 fully saturated rings. The van der Waals surface area contributed by atoms with Gasteiger partial charge >= 0.3 is 0 Å². The number of halogens is 1. The molecule has 0 aliphatic heterocycles. The van der Waals surface area contributed by atoms with E-state index in [4.69, 9.17) is 18.0 Å². The van der Waals surface area contributed by atoms with Crippen LogP contribution in [0.4, 0.5) is 11.4 Å². The SMILES string of the molecule is CCSc1cccc(Nc2cccc(Br)c2C)c1C(N)=S. The van der Waals surface area contributed by atoms with E-state index in [1.165, 1.54) is 0 Å². The minimum atomic E-state index is 0.418. The van der Waals surface area contributed by atoms with Crippen LogP contribution in [0.5, 0.6) is 0 Å². The Morgan fingerprint density at radius 1 is 1.24 bits per heavy atom. The van der Waals surface area contributed by atoms with Crippen molar-refractivity contribution in [3.05, 3.63) is 52.0 Å². The average Bonchev–Trinajstić information content (AvgIpc) is 2.44. The zero-order valence-corrected chi connectivity index (χ0v) is 15.2. The summed E-state index contributed by atoms with van der Waals surface area (Å²) in [5.74, 6) is 0.981. The van der Waals surface area contributed by atoms with Gasteiger partial charge in [-0.15, -0.1) is 11.8 Å². The van der Waals surface area contributed by atoms with Crippen LogP contribution in [0.15, 0.2) is 45.8 Å². The summed E-state index contributed by atoms with van der Waals surface area (Å²) in [6, 6.07) is 12.2. The number of benzene rings is 2. The van der Waals surface area contributed by atoms with Gasteiger partial charge in [-0.25, -0.2) is 0 Å². The van der Waals surface area contributed by atoms with E-state index in [1.54, 1.807) is 11.8 Å². The zero-order chi connectivity index (χ0) is 15.4. The van der Waals surface area contributed by atoms with Gasteiger partial charge < -0.3 is 11.1 Å². The normalized spacial score (nSPS) is 10.4. The molecule has 0 aromatic heterocycles. The molecule has 0 spiro atoms. The number of nitrogens with two attached hydrogens (primary N) is 1. The van der Waals surface area contributed by atoms with Crippen molar-refractivity contribution in [2.75, 3.05) is 11.1 Å². The Hall–Kier alpha value is -1.04. The fourth-order valence-corrected chi connectivity index (χ4v) is 3.55. The molecule has 0 saturated carbocycles. The highest BCUT2D eigenvalue weighted by atomic mass is 79.9. The van der Waals surface area contributed by atoms with E-state index in [2.05, 4.69) is 41.2 Å². The van der Waals surface area contributed by atoms with E-state index in [9.17, 15) is 0 Å². The summed E-state index contributed by atoms with van der Waals surface area (Å²) in [5.41, 5.74) is 9.99. The van der Waals surface area contributed by atoms with Crippen LogP contribution >= 0.6 is 39.9 Å². The first-order valence-electron chi connectivity index (χ1n) is 6.62. The van der Waals surface area contributed by atoms with Gasteiger partial charge in [-0.05, 0) is 42.5 Å². The number of hydrogen-bond acceptors (Lipinski definition) is 3. The molecule has 2 aromatic rings. The van der Waals surface area contributed by atoms with Gasteiger partial charge in [0.1, 0.15) is 4.99 Å². The van der Waals surface area contributed by atoms with E-state index in [-0.39, 0.29) is 0 Å². The number of anilines is 2. The van der Waals surface area contributed by atoms with E-state index >= 15 is 0 Å². The maximum atomic E-state index is 5.94. The second-order valence-corrected chi connectivity index (χ2v) is 7.11. The summed E-state index contributed by atoms with van der Waals surface area (Å²) < 4.78 is 1.07. The molecule has 0 radical (unpaired) electrons. The van der Waals surface area contributed by atoms with Crippen molar-refractivity contribution in [2.45, 2.75) is 18.7 Å². The Bertz CT molecular complexity index is 671. The van der Waals surface area contributed by atoms with Crippen molar-refractivity contribution >= 4 is 56.3 Å². The molecule has 0 aliphatic rings. The summed E-state index contributed by atoms with van der Waals surface area (Å²) in [6.07, 6.45) is 0. The van der Waals surface area contributed by atoms with E-state index in [1.807, 2.05) is 30.3 Å². The topological polar surface area (TPSA) is 38.0 Å². The molecule has 21 heavy (non-hydrogen) atoms. The predicted octanol–water partition coefficient (Wildman–Crippen LogP) is 5.25. The molecular formula is C16H17BrN2S2. The summed E-state index contributed by atoms with van der Waals surface area (Å²) in [7, 11) is 0. The van der Waals surface area contributed by atoms with Crippen LogP contribution < -0.4 is 11.1 Å². The summed E-state index contributed by atoms with van der Waals surface area (Å²) >= 11 is 10.5. The third-order valence-electron chi connectivity index (χ3n) is 3.11. The molecule has 2 aromatic carbocycles. The van der Waals surface area contributed by atoms with Gasteiger partial charge in [0.15, 0.2) is 0 Å². The lowest BCUT2D eigenvalue weighted by molar-refractivity contribution is 1.35. The van der Waals surface area contributed by atoms with Crippen molar-refractivity contribution < 1.29 is 0 Å². The highest BCUT2D eigenvalue weighted by molar-refractivity contribution is 9.10. The molecule has 2 nitrogen and oxygen atoms in total. The number of rotatable bonds is 5. The molecule has 110 valence electrons. The Morgan fingerprint density at radius 2 is 1.90 bits per heavy atom. The molecule has 0 unspecified atom stereocenters. The number of nitrogens with one attached hydrogen (secondary N) is 1. The van der Waals surface area contributed by atoms with Gasteiger partial charge in [0.05, 0.1) is 0 Å². The summed E-state index contributed by atoms with van der Waals surface area (Å²) in [5, 5.41) is 3.45. The summed E-state index contributed by atoms with van der Waals surface area (Å²) in [6.45, 7) is 4.18.